The summed E-state index contributed by atoms with van der Waals surface area (Å²) in [4.78, 5) is 7.08. The molecule has 1 aromatic carbocycles. The van der Waals surface area contributed by atoms with Crippen LogP contribution in [0.15, 0.2) is 36.8 Å². The molecule has 0 spiro atoms. The fourth-order valence-corrected chi connectivity index (χ4v) is 2.89. The van der Waals surface area contributed by atoms with Crippen LogP contribution in [0.1, 0.15) is 24.1 Å². The van der Waals surface area contributed by atoms with Gasteiger partial charge in [-0.2, -0.15) is 0 Å². The van der Waals surface area contributed by atoms with Crippen molar-refractivity contribution in [1.29, 1.82) is 0 Å². The van der Waals surface area contributed by atoms with Crippen molar-refractivity contribution in [3.05, 3.63) is 48.0 Å². The van der Waals surface area contributed by atoms with E-state index in [9.17, 15) is 5.11 Å². The number of imidazole rings is 1. The Bertz CT molecular complexity index is 592. The minimum Gasteiger partial charge on any atom is -0.494 e. The molecule has 0 bridgehead atoms. The molecule has 130 valence electrons. The highest BCUT2D eigenvalue weighted by atomic mass is 16.7. The maximum absolute atomic E-state index is 9.22. The number of aromatic nitrogens is 2. The summed E-state index contributed by atoms with van der Waals surface area (Å²) < 4.78 is 17.2. The monoisotopic (exact) mass is 332 g/mol. The van der Waals surface area contributed by atoms with Crippen molar-refractivity contribution in [2.24, 2.45) is 0 Å². The van der Waals surface area contributed by atoms with Gasteiger partial charge in [-0.1, -0.05) is 12.1 Å². The number of aryl methyl sites for hydroxylation is 1. The van der Waals surface area contributed by atoms with Gasteiger partial charge in [-0.05, 0) is 30.5 Å². The molecule has 2 aromatic rings. The Morgan fingerprint density at radius 1 is 1.21 bits per heavy atom. The molecule has 6 heteroatoms. The van der Waals surface area contributed by atoms with Crippen molar-refractivity contribution < 1.29 is 19.3 Å². The van der Waals surface area contributed by atoms with Gasteiger partial charge in [0.15, 0.2) is 5.79 Å². The van der Waals surface area contributed by atoms with Gasteiger partial charge in [0.25, 0.3) is 0 Å². The summed E-state index contributed by atoms with van der Waals surface area (Å²) in [5, 5.41) is 9.22. The Balaban J connectivity index is 1.46. The van der Waals surface area contributed by atoms with E-state index in [1.54, 1.807) is 6.33 Å². The number of nitrogens with one attached hydrogen (secondary N) is 1. The number of H-pyrrole nitrogens is 1. The number of hydrogen-bond acceptors (Lipinski definition) is 5. The van der Waals surface area contributed by atoms with Gasteiger partial charge in [0, 0.05) is 31.3 Å². The second kappa shape index (κ2) is 8.28. The zero-order chi connectivity index (χ0) is 16.7. The third-order valence-electron chi connectivity index (χ3n) is 4.12. The lowest BCUT2D eigenvalue weighted by Gasteiger charge is -2.26. The summed E-state index contributed by atoms with van der Waals surface area (Å²) >= 11 is 0. The predicted octanol–water partition coefficient (Wildman–Crippen LogP) is 2.09. The van der Waals surface area contributed by atoms with Crippen LogP contribution in [0.5, 0.6) is 5.75 Å². The molecule has 2 heterocycles. The van der Waals surface area contributed by atoms with Crippen LogP contribution < -0.4 is 4.74 Å². The van der Waals surface area contributed by atoms with Gasteiger partial charge in [0.2, 0.25) is 0 Å². The largest absolute Gasteiger partial charge is 0.494 e. The lowest BCUT2D eigenvalue weighted by molar-refractivity contribution is -0.166. The van der Waals surface area contributed by atoms with Crippen molar-refractivity contribution in [2.45, 2.75) is 31.5 Å². The molecule has 6 nitrogen and oxygen atoms in total. The molecular formula is C18H24N2O4. The zero-order valence-electron chi connectivity index (χ0n) is 13.7. The van der Waals surface area contributed by atoms with Gasteiger partial charge in [-0.25, -0.2) is 4.98 Å². The Hall–Kier alpha value is -1.89. The normalized spacial score (nSPS) is 16.4. The summed E-state index contributed by atoms with van der Waals surface area (Å²) in [6.45, 7) is 1.88. The minimum atomic E-state index is -0.679. The van der Waals surface area contributed by atoms with Crippen LogP contribution in [0.3, 0.4) is 0 Å². The average Bonchev–Trinajstić information content (AvgIpc) is 3.26. The highest BCUT2D eigenvalue weighted by Gasteiger charge is 2.36. The topological polar surface area (TPSA) is 76.6 Å². The van der Waals surface area contributed by atoms with E-state index in [-0.39, 0.29) is 6.61 Å². The number of aromatic amines is 1. The molecule has 0 saturated carbocycles. The van der Waals surface area contributed by atoms with Crippen LogP contribution >= 0.6 is 0 Å². The van der Waals surface area contributed by atoms with Gasteiger partial charge in [-0.15, -0.1) is 0 Å². The lowest BCUT2D eigenvalue weighted by Crippen LogP contribution is -2.34. The second-order valence-electron chi connectivity index (χ2n) is 5.93. The zero-order valence-corrected chi connectivity index (χ0v) is 13.7. The Labute approximate surface area is 141 Å². The number of aliphatic hydroxyl groups is 1. The Morgan fingerprint density at radius 3 is 2.67 bits per heavy atom. The van der Waals surface area contributed by atoms with E-state index < -0.39 is 5.79 Å². The summed E-state index contributed by atoms with van der Waals surface area (Å²) in [6.07, 6.45) is 6.51. The summed E-state index contributed by atoms with van der Waals surface area (Å²) in [5.74, 6) is 0.175. The number of ether oxygens (including phenoxy) is 3. The van der Waals surface area contributed by atoms with Crippen LogP contribution in [0, 0.1) is 0 Å². The molecule has 24 heavy (non-hydrogen) atoms. The first-order valence-electron chi connectivity index (χ1n) is 8.37. The van der Waals surface area contributed by atoms with E-state index in [0.717, 1.165) is 29.8 Å². The maximum Gasteiger partial charge on any atom is 0.174 e. The summed E-state index contributed by atoms with van der Waals surface area (Å²) in [7, 11) is 0. The highest BCUT2D eigenvalue weighted by Crippen LogP contribution is 2.28. The van der Waals surface area contributed by atoms with Crippen molar-refractivity contribution in [3.63, 3.8) is 0 Å². The van der Waals surface area contributed by atoms with E-state index in [1.807, 2.05) is 30.5 Å². The molecule has 3 rings (SSSR count). The van der Waals surface area contributed by atoms with E-state index in [2.05, 4.69) is 9.97 Å². The van der Waals surface area contributed by atoms with E-state index >= 15 is 0 Å². The molecule has 0 aliphatic carbocycles. The number of rotatable bonds is 9. The number of hydrogen-bond donors (Lipinski definition) is 2. The Morgan fingerprint density at radius 2 is 2.00 bits per heavy atom. The fraction of sp³-hybridized carbons (Fsp3) is 0.500. The molecule has 0 radical (unpaired) electrons. The van der Waals surface area contributed by atoms with Crippen LogP contribution in [-0.4, -0.2) is 47.3 Å². The predicted molar refractivity (Wildman–Crippen MR) is 88.9 cm³/mol. The quantitative estimate of drug-likeness (QED) is 0.688. The van der Waals surface area contributed by atoms with E-state index in [4.69, 9.17) is 14.2 Å². The molecule has 1 aliphatic rings. The van der Waals surface area contributed by atoms with Crippen LogP contribution in [0.2, 0.25) is 0 Å². The van der Waals surface area contributed by atoms with Crippen LogP contribution in [-0.2, 0) is 22.3 Å². The Kier molecular flexibility index (Phi) is 5.85. The molecule has 1 aromatic heterocycles. The highest BCUT2D eigenvalue weighted by molar-refractivity contribution is 5.28. The van der Waals surface area contributed by atoms with Crippen molar-refractivity contribution in [3.8, 4) is 5.75 Å². The second-order valence-corrected chi connectivity index (χ2v) is 5.93. The fourth-order valence-electron chi connectivity index (χ4n) is 2.89. The SMILES string of the molecule is OCCC1(Cc2ccc(OCCCc3cnc[nH]3)cc2)OCCO1. The van der Waals surface area contributed by atoms with Crippen molar-refractivity contribution in [1.82, 2.24) is 9.97 Å². The molecule has 1 fully saturated rings. The van der Waals surface area contributed by atoms with Gasteiger partial charge in [0.1, 0.15) is 5.75 Å². The van der Waals surface area contributed by atoms with Crippen LogP contribution in [0.25, 0.3) is 0 Å². The van der Waals surface area contributed by atoms with E-state index in [0.29, 0.717) is 32.7 Å². The third kappa shape index (κ3) is 4.56. The summed E-state index contributed by atoms with van der Waals surface area (Å²) in [5.41, 5.74) is 2.23. The van der Waals surface area contributed by atoms with Crippen molar-refractivity contribution in [2.75, 3.05) is 26.4 Å². The molecule has 2 N–H and O–H groups in total. The minimum absolute atomic E-state index is 0.0531. The number of benzene rings is 1. The molecule has 0 amide bonds. The van der Waals surface area contributed by atoms with Crippen LogP contribution in [0.4, 0.5) is 0 Å². The number of aliphatic hydroxyl groups excluding tert-OH is 1. The first-order valence-corrected chi connectivity index (χ1v) is 8.37. The van der Waals surface area contributed by atoms with Gasteiger partial charge in [0.05, 0.1) is 26.1 Å². The van der Waals surface area contributed by atoms with Gasteiger partial charge < -0.3 is 24.3 Å². The molecule has 1 saturated heterocycles. The van der Waals surface area contributed by atoms with Gasteiger partial charge in [-0.3, -0.25) is 0 Å². The average molecular weight is 332 g/mol. The summed E-state index contributed by atoms with van der Waals surface area (Å²) in [6, 6.07) is 7.98. The molecule has 1 aliphatic heterocycles. The molecular weight excluding hydrogens is 308 g/mol. The smallest absolute Gasteiger partial charge is 0.174 e. The third-order valence-corrected chi connectivity index (χ3v) is 4.12. The first kappa shape index (κ1) is 17.0. The van der Waals surface area contributed by atoms with Gasteiger partial charge >= 0.3 is 0 Å². The maximum atomic E-state index is 9.22. The van der Waals surface area contributed by atoms with E-state index in [1.165, 1.54) is 0 Å². The first-order chi connectivity index (χ1) is 11.8. The lowest BCUT2D eigenvalue weighted by atomic mass is 10.0. The standard InChI is InChI=1S/C18H24N2O4/c21-8-7-18(23-10-11-24-18)12-15-3-5-17(6-4-15)22-9-1-2-16-13-19-14-20-16/h3-6,13-14,21H,1-2,7-12H2,(H,19,20). The number of nitrogens with zero attached hydrogens (tertiary/aromatic N) is 1. The molecule has 0 unspecified atom stereocenters. The van der Waals surface area contributed by atoms with Crippen molar-refractivity contribution >= 4 is 0 Å². The molecule has 0 atom stereocenters.